The quantitative estimate of drug-likeness (QED) is 0.421. The third-order valence-electron chi connectivity index (χ3n) is 5.34. The van der Waals surface area contributed by atoms with Crippen LogP contribution in [0.25, 0.3) is 16.9 Å². The fraction of sp³-hybridized carbons (Fsp3) is 0.185. The SMILES string of the molecule is Cc1ccc(-n2nc(CCC(=O)NCc3cccc(C)c3)cc2-c2cccc(F)c2)cc1. The van der Waals surface area contributed by atoms with Crippen molar-refractivity contribution in [1.82, 2.24) is 15.1 Å². The second kappa shape index (κ2) is 9.60. The number of amides is 1. The number of aryl methyl sites for hydroxylation is 3. The molecule has 4 rings (SSSR count). The normalized spacial score (nSPS) is 10.8. The molecule has 5 heteroatoms. The highest BCUT2D eigenvalue weighted by molar-refractivity contribution is 5.76. The Morgan fingerprint density at radius 1 is 0.938 bits per heavy atom. The van der Waals surface area contributed by atoms with E-state index in [2.05, 4.69) is 11.4 Å². The molecule has 0 atom stereocenters. The van der Waals surface area contributed by atoms with Crippen molar-refractivity contribution >= 4 is 5.91 Å². The molecule has 4 nitrogen and oxygen atoms in total. The van der Waals surface area contributed by atoms with E-state index in [1.54, 1.807) is 6.07 Å². The van der Waals surface area contributed by atoms with Gasteiger partial charge in [0.15, 0.2) is 0 Å². The van der Waals surface area contributed by atoms with Crippen LogP contribution in [0.5, 0.6) is 0 Å². The van der Waals surface area contributed by atoms with E-state index in [0.29, 0.717) is 19.4 Å². The molecule has 0 aliphatic heterocycles. The molecule has 0 unspecified atom stereocenters. The van der Waals surface area contributed by atoms with E-state index in [9.17, 15) is 9.18 Å². The number of hydrogen-bond donors (Lipinski definition) is 1. The molecule has 3 aromatic carbocycles. The molecule has 1 aromatic heterocycles. The monoisotopic (exact) mass is 427 g/mol. The molecule has 1 amide bonds. The van der Waals surface area contributed by atoms with Crippen molar-refractivity contribution in [3.63, 3.8) is 0 Å². The second-order valence-corrected chi connectivity index (χ2v) is 8.04. The minimum absolute atomic E-state index is 0.0244. The summed E-state index contributed by atoms with van der Waals surface area (Å²) in [5.74, 6) is -0.320. The number of carbonyl (C=O) groups excluding carboxylic acids is 1. The van der Waals surface area contributed by atoms with E-state index in [0.717, 1.165) is 33.8 Å². The summed E-state index contributed by atoms with van der Waals surface area (Å²) in [5.41, 5.74) is 6.62. The molecule has 4 aromatic rings. The first kappa shape index (κ1) is 21.5. The Kier molecular flexibility index (Phi) is 6.45. The summed E-state index contributed by atoms with van der Waals surface area (Å²) in [4.78, 5) is 12.4. The topological polar surface area (TPSA) is 46.9 Å². The van der Waals surface area contributed by atoms with E-state index in [-0.39, 0.29) is 11.7 Å². The molecule has 0 fully saturated rings. The van der Waals surface area contributed by atoms with E-state index >= 15 is 0 Å². The molecular weight excluding hydrogens is 401 g/mol. The van der Waals surface area contributed by atoms with Crippen LogP contribution in [0.3, 0.4) is 0 Å². The van der Waals surface area contributed by atoms with Gasteiger partial charge >= 0.3 is 0 Å². The zero-order valence-corrected chi connectivity index (χ0v) is 18.3. The molecule has 162 valence electrons. The van der Waals surface area contributed by atoms with Crippen LogP contribution in [0.1, 0.15) is 28.8 Å². The first-order chi connectivity index (χ1) is 15.5. The van der Waals surface area contributed by atoms with Crippen LogP contribution in [0, 0.1) is 19.7 Å². The zero-order chi connectivity index (χ0) is 22.5. The van der Waals surface area contributed by atoms with Gasteiger partial charge in [-0.3, -0.25) is 4.79 Å². The maximum absolute atomic E-state index is 13.9. The fourth-order valence-corrected chi connectivity index (χ4v) is 3.64. The summed E-state index contributed by atoms with van der Waals surface area (Å²) in [6.07, 6.45) is 0.833. The van der Waals surface area contributed by atoms with E-state index in [1.165, 1.54) is 17.7 Å². The molecule has 0 bridgehead atoms. The highest BCUT2D eigenvalue weighted by Crippen LogP contribution is 2.25. The van der Waals surface area contributed by atoms with Gasteiger partial charge in [-0.1, -0.05) is 59.7 Å². The lowest BCUT2D eigenvalue weighted by Gasteiger charge is -2.08. The summed E-state index contributed by atoms with van der Waals surface area (Å²) in [7, 11) is 0. The highest BCUT2D eigenvalue weighted by atomic mass is 19.1. The molecule has 0 spiro atoms. The van der Waals surface area contributed by atoms with Crippen LogP contribution in [-0.2, 0) is 17.8 Å². The van der Waals surface area contributed by atoms with Gasteiger partial charge in [0, 0.05) is 24.9 Å². The van der Waals surface area contributed by atoms with Gasteiger partial charge in [0.05, 0.1) is 17.1 Å². The Morgan fingerprint density at radius 2 is 1.72 bits per heavy atom. The van der Waals surface area contributed by atoms with E-state index in [1.807, 2.05) is 73.1 Å². The van der Waals surface area contributed by atoms with E-state index < -0.39 is 0 Å². The molecular formula is C27H26FN3O. The molecule has 1 N–H and O–H groups in total. The second-order valence-electron chi connectivity index (χ2n) is 8.04. The van der Waals surface area contributed by atoms with Crippen molar-refractivity contribution < 1.29 is 9.18 Å². The van der Waals surface area contributed by atoms with Gasteiger partial charge in [-0.05, 0) is 49.7 Å². The summed E-state index contributed by atoms with van der Waals surface area (Å²) >= 11 is 0. The predicted molar refractivity (Wildman–Crippen MR) is 125 cm³/mol. The lowest BCUT2D eigenvalue weighted by molar-refractivity contribution is -0.121. The summed E-state index contributed by atoms with van der Waals surface area (Å²) < 4.78 is 15.7. The standard InChI is InChI=1S/C27H26FN3O/c1-19-9-12-25(13-10-19)31-26(22-7-4-8-23(28)16-22)17-24(30-31)11-14-27(32)29-18-21-6-3-5-20(2)15-21/h3-10,12-13,15-17H,11,14,18H2,1-2H3,(H,29,32). The Hall–Kier alpha value is -3.73. The molecule has 0 aliphatic rings. The van der Waals surface area contributed by atoms with Gasteiger partial charge in [0.1, 0.15) is 5.82 Å². The van der Waals surface area contributed by atoms with Gasteiger partial charge < -0.3 is 5.32 Å². The van der Waals surface area contributed by atoms with Gasteiger partial charge in [-0.25, -0.2) is 9.07 Å². The maximum Gasteiger partial charge on any atom is 0.220 e. The fourth-order valence-electron chi connectivity index (χ4n) is 3.64. The smallest absolute Gasteiger partial charge is 0.220 e. The third-order valence-corrected chi connectivity index (χ3v) is 5.34. The van der Waals surface area contributed by atoms with Crippen LogP contribution in [0.2, 0.25) is 0 Å². The van der Waals surface area contributed by atoms with Gasteiger partial charge in [-0.15, -0.1) is 0 Å². The predicted octanol–water partition coefficient (Wildman–Crippen LogP) is 5.54. The first-order valence-corrected chi connectivity index (χ1v) is 10.7. The summed E-state index contributed by atoms with van der Waals surface area (Å²) in [5, 5.41) is 7.70. The number of nitrogens with one attached hydrogen (secondary N) is 1. The lowest BCUT2D eigenvalue weighted by Crippen LogP contribution is -2.23. The molecule has 1 heterocycles. The van der Waals surface area contributed by atoms with E-state index in [4.69, 9.17) is 5.10 Å². The minimum Gasteiger partial charge on any atom is -0.352 e. The number of nitrogens with zero attached hydrogens (tertiary/aromatic N) is 2. The van der Waals surface area contributed by atoms with Crippen LogP contribution in [0.15, 0.2) is 78.9 Å². The molecule has 0 aliphatic carbocycles. The first-order valence-electron chi connectivity index (χ1n) is 10.7. The Balaban J connectivity index is 1.50. The Morgan fingerprint density at radius 3 is 2.47 bits per heavy atom. The summed E-state index contributed by atoms with van der Waals surface area (Å²) in [6.45, 7) is 4.57. The number of aromatic nitrogens is 2. The van der Waals surface area contributed by atoms with Crippen molar-refractivity contribution in [1.29, 1.82) is 0 Å². The van der Waals surface area contributed by atoms with Crippen molar-refractivity contribution in [2.45, 2.75) is 33.2 Å². The van der Waals surface area contributed by atoms with Crippen LogP contribution in [0.4, 0.5) is 4.39 Å². The Labute approximate surface area is 187 Å². The van der Waals surface area contributed by atoms with Gasteiger partial charge in [-0.2, -0.15) is 5.10 Å². The van der Waals surface area contributed by atoms with Crippen molar-refractivity contribution in [3.8, 4) is 16.9 Å². The lowest BCUT2D eigenvalue weighted by atomic mass is 10.1. The van der Waals surface area contributed by atoms with Gasteiger partial charge in [0.25, 0.3) is 0 Å². The maximum atomic E-state index is 13.9. The number of carbonyl (C=O) groups is 1. The largest absolute Gasteiger partial charge is 0.352 e. The molecule has 32 heavy (non-hydrogen) atoms. The van der Waals surface area contributed by atoms with Crippen LogP contribution >= 0.6 is 0 Å². The third kappa shape index (κ3) is 5.30. The van der Waals surface area contributed by atoms with Crippen molar-refractivity contribution in [2.75, 3.05) is 0 Å². The number of halogens is 1. The van der Waals surface area contributed by atoms with Gasteiger partial charge in [0.2, 0.25) is 5.91 Å². The number of hydrogen-bond acceptors (Lipinski definition) is 2. The molecule has 0 saturated heterocycles. The van der Waals surface area contributed by atoms with Crippen LogP contribution in [-0.4, -0.2) is 15.7 Å². The van der Waals surface area contributed by atoms with Crippen molar-refractivity contribution in [2.24, 2.45) is 0 Å². The molecule has 0 saturated carbocycles. The molecule has 0 radical (unpaired) electrons. The number of benzene rings is 3. The summed E-state index contributed by atoms with van der Waals surface area (Å²) in [6, 6.07) is 24.5. The van der Waals surface area contributed by atoms with Crippen LogP contribution < -0.4 is 5.32 Å². The highest BCUT2D eigenvalue weighted by Gasteiger charge is 2.14. The number of rotatable bonds is 7. The zero-order valence-electron chi connectivity index (χ0n) is 18.3. The Bertz CT molecular complexity index is 1230. The minimum atomic E-state index is -0.295. The van der Waals surface area contributed by atoms with Crippen molar-refractivity contribution in [3.05, 3.63) is 107 Å². The average Bonchev–Trinajstić information content (AvgIpc) is 3.21. The average molecular weight is 428 g/mol.